The summed E-state index contributed by atoms with van der Waals surface area (Å²) in [5.41, 5.74) is 0.934. The first-order chi connectivity index (χ1) is 12.3. The molecule has 0 radical (unpaired) electrons. The maximum atomic E-state index is 12.0. The van der Waals surface area contributed by atoms with E-state index in [1.54, 1.807) is 11.3 Å². The van der Waals surface area contributed by atoms with Gasteiger partial charge in [-0.2, -0.15) is 0 Å². The molecule has 3 aromatic rings. The molecule has 0 unspecified atom stereocenters. The average molecular weight is 375 g/mol. The van der Waals surface area contributed by atoms with Crippen LogP contribution >= 0.6 is 23.1 Å². The fraction of sp³-hybridized carbons (Fsp3) is 0.438. The molecule has 2 aromatic heterocycles. The molecule has 0 bridgehead atoms. The number of aromatic nitrogens is 5. The van der Waals surface area contributed by atoms with Crippen LogP contribution in [0.4, 0.5) is 0 Å². The second-order valence-electron chi connectivity index (χ2n) is 5.87. The van der Waals surface area contributed by atoms with Crippen LogP contribution in [0.15, 0.2) is 29.4 Å². The van der Waals surface area contributed by atoms with E-state index in [2.05, 4.69) is 20.5 Å². The zero-order valence-corrected chi connectivity index (χ0v) is 15.1. The summed E-state index contributed by atoms with van der Waals surface area (Å²) in [5.74, 6) is -0.0944. The summed E-state index contributed by atoms with van der Waals surface area (Å²) in [4.78, 5) is 16.5. The Kier molecular flexibility index (Phi) is 4.93. The zero-order valence-electron chi connectivity index (χ0n) is 13.5. The molecular weight excluding hydrogens is 358 g/mol. The van der Waals surface area contributed by atoms with Gasteiger partial charge in [-0.25, -0.2) is 9.67 Å². The van der Waals surface area contributed by atoms with Gasteiger partial charge in [0.1, 0.15) is 11.6 Å². The summed E-state index contributed by atoms with van der Waals surface area (Å²) in [6.07, 6.45) is 4.61. The lowest BCUT2D eigenvalue weighted by Crippen LogP contribution is -2.11. The highest BCUT2D eigenvalue weighted by Crippen LogP contribution is 2.31. The third kappa shape index (κ3) is 3.82. The number of rotatable bonds is 6. The van der Waals surface area contributed by atoms with E-state index in [-0.39, 0.29) is 18.3 Å². The van der Waals surface area contributed by atoms with Crippen molar-refractivity contribution in [3.05, 3.63) is 29.3 Å². The Morgan fingerprint density at radius 3 is 3.00 bits per heavy atom. The molecule has 0 saturated heterocycles. The first kappa shape index (κ1) is 16.5. The molecule has 1 saturated carbocycles. The Hall–Kier alpha value is -2.00. The van der Waals surface area contributed by atoms with Gasteiger partial charge >= 0.3 is 5.97 Å². The molecule has 9 heteroatoms. The number of nitrogens with zero attached hydrogens (tertiary/aromatic N) is 5. The molecule has 0 amide bonds. The molecule has 1 aliphatic carbocycles. The van der Waals surface area contributed by atoms with E-state index in [4.69, 9.17) is 4.74 Å². The second-order valence-corrected chi connectivity index (χ2v) is 7.93. The van der Waals surface area contributed by atoms with Gasteiger partial charge in [0.2, 0.25) is 5.16 Å². The van der Waals surface area contributed by atoms with Crippen LogP contribution in [0, 0.1) is 0 Å². The first-order valence-electron chi connectivity index (χ1n) is 8.20. The highest BCUT2D eigenvalue weighted by molar-refractivity contribution is 7.99. The molecule has 130 valence electrons. The zero-order chi connectivity index (χ0) is 17.1. The van der Waals surface area contributed by atoms with Crippen molar-refractivity contribution in [1.29, 1.82) is 0 Å². The number of hydrogen-bond donors (Lipinski definition) is 0. The number of carbonyl (C=O) groups is 1. The lowest BCUT2D eigenvalue weighted by Gasteiger charge is -2.10. The molecule has 0 spiro atoms. The van der Waals surface area contributed by atoms with Gasteiger partial charge in [0.05, 0.1) is 22.0 Å². The predicted molar refractivity (Wildman–Crippen MR) is 95.5 cm³/mol. The minimum atomic E-state index is -0.287. The summed E-state index contributed by atoms with van der Waals surface area (Å²) in [6, 6.07) is 8.24. The van der Waals surface area contributed by atoms with Crippen LogP contribution in [-0.4, -0.2) is 36.9 Å². The van der Waals surface area contributed by atoms with Crippen molar-refractivity contribution in [2.45, 2.75) is 43.5 Å². The van der Waals surface area contributed by atoms with E-state index in [9.17, 15) is 4.79 Å². The molecule has 0 N–H and O–H groups in total. The van der Waals surface area contributed by atoms with Crippen LogP contribution in [0.1, 0.15) is 36.7 Å². The fourth-order valence-electron chi connectivity index (χ4n) is 2.95. The standard InChI is InChI=1S/C16H17N5O2S2/c22-15(23-9-14-17-12-7-3-4-8-13(12)25-14)10-24-16-18-19-20-21(16)11-5-1-2-6-11/h3-4,7-8,11H,1-2,5-6,9-10H2. The summed E-state index contributed by atoms with van der Waals surface area (Å²) in [5, 5.41) is 13.3. The van der Waals surface area contributed by atoms with E-state index in [1.165, 1.54) is 24.6 Å². The van der Waals surface area contributed by atoms with Gasteiger partial charge < -0.3 is 4.74 Å². The van der Waals surface area contributed by atoms with Crippen LogP contribution in [-0.2, 0) is 16.1 Å². The van der Waals surface area contributed by atoms with Crippen molar-refractivity contribution < 1.29 is 9.53 Å². The monoisotopic (exact) mass is 375 g/mol. The molecule has 1 aliphatic rings. The van der Waals surface area contributed by atoms with Crippen molar-refractivity contribution in [1.82, 2.24) is 25.2 Å². The lowest BCUT2D eigenvalue weighted by atomic mass is 10.3. The minimum Gasteiger partial charge on any atom is -0.458 e. The van der Waals surface area contributed by atoms with Gasteiger partial charge in [0.15, 0.2) is 0 Å². The molecule has 1 fully saturated rings. The van der Waals surface area contributed by atoms with Gasteiger partial charge in [-0.15, -0.1) is 16.4 Å². The van der Waals surface area contributed by atoms with E-state index in [1.807, 2.05) is 28.9 Å². The third-order valence-corrected chi connectivity index (χ3v) is 6.06. The van der Waals surface area contributed by atoms with Crippen LogP contribution in [0.3, 0.4) is 0 Å². The van der Waals surface area contributed by atoms with Crippen LogP contribution < -0.4 is 0 Å². The molecule has 25 heavy (non-hydrogen) atoms. The number of carbonyl (C=O) groups excluding carboxylic acids is 1. The predicted octanol–water partition coefficient (Wildman–Crippen LogP) is 3.23. The van der Waals surface area contributed by atoms with Gasteiger partial charge in [0, 0.05) is 0 Å². The largest absolute Gasteiger partial charge is 0.458 e. The quantitative estimate of drug-likeness (QED) is 0.483. The number of esters is 1. The van der Waals surface area contributed by atoms with Gasteiger partial charge in [-0.3, -0.25) is 4.79 Å². The molecular formula is C16H17N5O2S2. The number of tetrazole rings is 1. The number of thioether (sulfide) groups is 1. The number of benzene rings is 1. The van der Waals surface area contributed by atoms with Gasteiger partial charge in [0.25, 0.3) is 0 Å². The van der Waals surface area contributed by atoms with E-state index >= 15 is 0 Å². The summed E-state index contributed by atoms with van der Waals surface area (Å²) < 4.78 is 8.27. The number of ether oxygens (including phenoxy) is 1. The molecule has 7 nitrogen and oxygen atoms in total. The van der Waals surface area contributed by atoms with Gasteiger partial charge in [-0.05, 0) is 35.4 Å². The maximum Gasteiger partial charge on any atom is 0.316 e. The molecule has 2 heterocycles. The van der Waals surface area contributed by atoms with Crippen molar-refractivity contribution in [3.63, 3.8) is 0 Å². The van der Waals surface area contributed by atoms with Crippen LogP contribution in [0.2, 0.25) is 0 Å². The Balaban J connectivity index is 1.30. The molecule has 4 rings (SSSR count). The number of para-hydroxylation sites is 1. The normalized spacial score (nSPS) is 15.0. The summed E-state index contributed by atoms with van der Waals surface area (Å²) in [6.45, 7) is 0.201. The highest BCUT2D eigenvalue weighted by Gasteiger charge is 2.22. The summed E-state index contributed by atoms with van der Waals surface area (Å²) >= 11 is 2.87. The first-order valence-corrected chi connectivity index (χ1v) is 10.0. The average Bonchev–Trinajstić information content (AvgIpc) is 3.37. The third-order valence-electron chi connectivity index (χ3n) is 4.15. The van der Waals surface area contributed by atoms with Crippen molar-refractivity contribution in [2.24, 2.45) is 0 Å². The van der Waals surface area contributed by atoms with Crippen molar-refractivity contribution in [3.8, 4) is 0 Å². The number of thiazole rings is 1. The minimum absolute atomic E-state index is 0.192. The van der Waals surface area contributed by atoms with E-state index < -0.39 is 0 Å². The second kappa shape index (κ2) is 7.49. The summed E-state index contributed by atoms with van der Waals surface area (Å²) in [7, 11) is 0. The molecule has 1 aromatic carbocycles. The SMILES string of the molecule is O=C(CSc1nnnn1C1CCCC1)OCc1nc2ccccc2s1. The highest BCUT2D eigenvalue weighted by atomic mass is 32.2. The van der Waals surface area contributed by atoms with E-state index in [0.29, 0.717) is 11.2 Å². The maximum absolute atomic E-state index is 12.0. The number of hydrogen-bond acceptors (Lipinski definition) is 8. The molecule has 0 atom stereocenters. The Bertz CT molecular complexity index is 839. The van der Waals surface area contributed by atoms with Crippen LogP contribution in [0.25, 0.3) is 10.2 Å². The number of fused-ring (bicyclic) bond motifs is 1. The smallest absolute Gasteiger partial charge is 0.316 e. The Labute approximate surface area is 152 Å². The Morgan fingerprint density at radius 2 is 2.16 bits per heavy atom. The fourth-order valence-corrected chi connectivity index (χ4v) is 4.57. The van der Waals surface area contributed by atoms with Crippen molar-refractivity contribution >= 4 is 39.3 Å². The Morgan fingerprint density at radius 1 is 1.32 bits per heavy atom. The van der Waals surface area contributed by atoms with Gasteiger partial charge in [-0.1, -0.05) is 36.7 Å². The van der Waals surface area contributed by atoms with Crippen LogP contribution in [0.5, 0.6) is 0 Å². The lowest BCUT2D eigenvalue weighted by molar-refractivity contribution is -0.141. The van der Waals surface area contributed by atoms with Crippen molar-refractivity contribution in [2.75, 3.05) is 5.75 Å². The topological polar surface area (TPSA) is 82.8 Å². The molecule has 0 aliphatic heterocycles. The van der Waals surface area contributed by atoms with E-state index in [0.717, 1.165) is 28.1 Å².